The van der Waals surface area contributed by atoms with Crippen LogP contribution in [-0.2, 0) is 27.8 Å². The van der Waals surface area contributed by atoms with E-state index in [-0.39, 0.29) is 42.9 Å². The van der Waals surface area contributed by atoms with Gasteiger partial charge in [0.2, 0.25) is 15.9 Å². The van der Waals surface area contributed by atoms with Gasteiger partial charge in [0.25, 0.3) is 0 Å². The molecule has 1 saturated heterocycles. The smallest absolute Gasteiger partial charge is 0.321 e. The molecule has 1 aliphatic rings. The molecule has 55 heavy (non-hydrogen) atoms. The van der Waals surface area contributed by atoms with Crippen molar-refractivity contribution in [3.05, 3.63) is 101 Å². The van der Waals surface area contributed by atoms with Gasteiger partial charge in [-0.3, -0.25) is 9.78 Å². The summed E-state index contributed by atoms with van der Waals surface area (Å²) >= 11 is 1.48. The third kappa shape index (κ3) is 10.5. The van der Waals surface area contributed by atoms with Gasteiger partial charge in [0.1, 0.15) is 11.0 Å². The minimum absolute atomic E-state index is 0.0185. The molecule has 5 rings (SSSR count). The Balaban J connectivity index is 1.36. The van der Waals surface area contributed by atoms with Gasteiger partial charge in [-0.25, -0.2) is 18.2 Å². The number of carbonyl (C=O) groups excluding carboxylic acids is 2. The summed E-state index contributed by atoms with van der Waals surface area (Å²) in [5.41, 5.74) is 3.23. The summed E-state index contributed by atoms with van der Waals surface area (Å²) in [5, 5.41) is 29.5. The predicted molar refractivity (Wildman–Crippen MR) is 213 cm³/mol. The van der Waals surface area contributed by atoms with E-state index in [0.717, 1.165) is 27.5 Å². The number of hydrogen-bond acceptors (Lipinski definition) is 10. The van der Waals surface area contributed by atoms with E-state index >= 15 is 0 Å². The SMILES string of the molecule is Cc1ccc(-c2nc(CN3CCN([C@H](C(=O)N[C@@H](Cc4ccccc4)[C@@H](O)CN(CC(C)C)S(=O)(=O)c4ccc(C=NO)cc4)C(C)(C)C)C3=O)cs2)cn1. The predicted octanol–water partition coefficient (Wildman–Crippen LogP) is 5.41. The molecule has 4 aromatic rings. The number of nitrogens with one attached hydrogen (secondary N) is 1. The van der Waals surface area contributed by atoms with Crippen molar-refractivity contribution in [2.45, 2.75) is 77.6 Å². The Kier molecular flexibility index (Phi) is 13.4. The fourth-order valence-corrected chi connectivity index (χ4v) is 9.08. The average Bonchev–Trinajstić information content (AvgIpc) is 3.74. The first-order chi connectivity index (χ1) is 26.1. The lowest BCUT2D eigenvalue weighted by Crippen LogP contribution is -2.59. The van der Waals surface area contributed by atoms with E-state index in [1.807, 2.05) is 89.4 Å². The van der Waals surface area contributed by atoms with Crippen LogP contribution in [-0.4, -0.2) is 105 Å². The molecule has 3 atom stereocenters. The molecule has 0 radical (unpaired) electrons. The molecule has 0 saturated carbocycles. The van der Waals surface area contributed by atoms with Crippen LogP contribution in [0.3, 0.4) is 0 Å². The van der Waals surface area contributed by atoms with Crippen LogP contribution in [0.1, 0.15) is 57.1 Å². The highest BCUT2D eigenvalue weighted by molar-refractivity contribution is 7.89. The number of hydrogen-bond donors (Lipinski definition) is 3. The second-order valence-electron chi connectivity index (χ2n) is 15.4. The summed E-state index contributed by atoms with van der Waals surface area (Å²) in [5.74, 6) is -0.514. The van der Waals surface area contributed by atoms with Gasteiger partial charge < -0.3 is 25.4 Å². The summed E-state index contributed by atoms with van der Waals surface area (Å²) in [4.78, 5) is 40.8. The summed E-state index contributed by atoms with van der Waals surface area (Å²) in [7, 11) is -4.08. The number of oxime groups is 1. The second-order valence-corrected chi connectivity index (χ2v) is 18.2. The van der Waals surface area contributed by atoms with Crippen molar-refractivity contribution in [2.24, 2.45) is 16.5 Å². The topological polar surface area (TPSA) is 169 Å². The number of nitrogens with zero attached hydrogens (tertiary/aromatic N) is 6. The Morgan fingerprint density at radius 3 is 2.38 bits per heavy atom. The maximum atomic E-state index is 14.4. The third-order valence-electron chi connectivity index (χ3n) is 9.35. The summed E-state index contributed by atoms with van der Waals surface area (Å²) in [6, 6.07) is 17.1. The quantitative estimate of drug-likeness (QED) is 0.0770. The highest BCUT2D eigenvalue weighted by atomic mass is 32.2. The number of thiazole rings is 1. The zero-order valence-corrected chi connectivity index (χ0v) is 33.8. The Morgan fingerprint density at radius 2 is 1.76 bits per heavy atom. The Labute approximate surface area is 327 Å². The Bertz CT molecular complexity index is 2030. The maximum absolute atomic E-state index is 14.4. The average molecular weight is 790 g/mol. The van der Waals surface area contributed by atoms with Crippen molar-refractivity contribution in [1.82, 2.24) is 29.4 Å². The van der Waals surface area contributed by atoms with Crippen LogP contribution in [0.5, 0.6) is 0 Å². The van der Waals surface area contributed by atoms with Crippen LogP contribution in [0.15, 0.2) is 88.4 Å². The van der Waals surface area contributed by atoms with Gasteiger partial charge >= 0.3 is 6.03 Å². The third-order valence-corrected chi connectivity index (χ3v) is 12.1. The molecule has 3 heterocycles. The van der Waals surface area contributed by atoms with Gasteiger partial charge in [0.05, 0.1) is 35.5 Å². The van der Waals surface area contributed by atoms with E-state index in [2.05, 4.69) is 15.5 Å². The van der Waals surface area contributed by atoms with Crippen LogP contribution < -0.4 is 5.32 Å². The van der Waals surface area contributed by atoms with E-state index in [4.69, 9.17) is 10.2 Å². The fraction of sp³-hybridized carbons (Fsp3) is 0.425. The lowest BCUT2D eigenvalue weighted by Gasteiger charge is -2.38. The number of pyridine rings is 1. The number of benzene rings is 2. The molecule has 13 nitrogen and oxygen atoms in total. The molecule has 0 bridgehead atoms. The largest absolute Gasteiger partial charge is 0.411 e. The number of aliphatic hydroxyl groups excluding tert-OH is 1. The normalized spacial score (nSPS) is 15.6. The molecule has 2 aromatic heterocycles. The van der Waals surface area contributed by atoms with Gasteiger partial charge in [-0.15, -0.1) is 11.3 Å². The zero-order chi connectivity index (χ0) is 39.9. The van der Waals surface area contributed by atoms with Gasteiger partial charge in [0.15, 0.2) is 0 Å². The van der Waals surface area contributed by atoms with Gasteiger partial charge in [-0.05, 0) is 60.1 Å². The number of rotatable bonds is 16. The number of amides is 3. The number of urea groups is 1. The molecule has 15 heteroatoms. The summed E-state index contributed by atoms with van der Waals surface area (Å²) in [6.07, 6.45) is 1.89. The monoisotopic (exact) mass is 789 g/mol. The lowest BCUT2D eigenvalue weighted by atomic mass is 9.84. The molecule has 2 aromatic carbocycles. The van der Waals surface area contributed by atoms with E-state index < -0.39 is 39.5 Å². The standard InChI is InChI=1S/C40H51N7O6S2/c1-27(2)23-46(55(52,53)33-16-13-30(14-17-33)21-42-51)25-35(48)34(20-29-10-8-7-9-11-29)44-37(49)36(40(4,5)6)47-19-18-45(39(47)50)24-32-26-54-38(43-32)31-15-12-28(3)41-22-31/h7-17,21-22,26-27,34-36,48,51H,18-20,23-25H2,1-6H3,(H,44,49)/t34-,35-,36+/m0/s1. The van der Waals surface area contributed by atoms with Crippen molar-refractivity contribution in [3.8, 4) is 10.6 Å². The van der Waals surface area contributed by atoms with Gasteiger partial charge in [-0.2, -0.15) is 4.31 Å². The first-order valence-corrected chi connectivity index (χ1v) is 20.6. The van der Waals surface area contributed by atoms with E-state index in [9.17, 15) is 23.1 Å². The molecule has 3 N–H and O–H groups in total. The first kappa shape index (κ1) is 41.5. The van der Waals surface area contributed by atoms with Crippen molar-refractivity contribution in [3.63, 3.8) is 0 Å². The zero-order valence-electron chi connectivity index (χ0n) is 32.2. The summed E-state index contributed by atoms with van der Waals surface area (Å²) in [6.45, 7) is 12.2. The first-order valence-electron chi connectivity index (χ1n) is 18.3. The highest BCUT2D eigenvalue weighted by Gasteiger charge is 2.44. The number of carbonyl (C=O) groups is 2. The molecule has 294 valence electrons. The van der Waals surface area contributed by atoms with Crippen LogP contribution >= 0.6 is 11.3 Å². The molecule has 0 spiro atoms. The van der Waals surface area contributed by atoms with Crippen molar-refractivity contribution >= 4 is 39.5 Å². The number of aliphatic hydroxyl groups is 1. The molecular weight excluding hydrogens is 739 g/mol. The van der Waals surface area contributed by atoms with Crippen molar-refractivity contribution in [1.29, 1.82) is 0 Å². The maximum Gasteiger partial charge on any atom is 0.321 e. The molecule has 1 aliphatic heterocycles. The van der Waals surface area contributed by atoms with Gasteiger partial charge in [0, 0.05) is 49.0 Å². The minimum atomic E-state index is -4.08. The second kappa shape index (κ2) is 17.8. The van der Waals surface area contributed by atoms with Crippen molar-refractivity contribution < 1.29 is 28.3 Å². The lowest BCUT2D eigenvalue weighted by molar-refractivity contribution is -0.130. The van der Waals surface area contributed by atoms with Crippen molar-refractivity contribution in [2.75, 3.05) is 26.2 Å². The Hall–Kier alpha value is -4.70. The number of aromatic nitrogens is 2. The van der Waals surface area contributed by atoms with E-state index in [1.165, 1.54) is 46.1 Å². The molecule has 3 amide bonds. The fourth-order valence-electron chi connectivity index (χ4n) is 6.66. The van der Waals surface area contributed by atoms with E-state index in [0.29, 0.717) is 18.7 Å². The van der Waals surface area contributed by atoms with Gasteiger partial charge in [-0.1, -0.05) is 82.2 Å². The van der Waals surface area contributed by atoms with E-state index in [1.54, 1.807) is 16.0 Å². The minimum Gasteiger partial charge on any atom is -0.411 e. The number of sulfonamides is 1. The van der Waals surface area contributed by atoms with Crippen LogP contribution in [0.2, 0.25) is 0 Å². The summed E-state index contributed by atoms with van der Waals surface area (Å²) < 4.78 is 29.2. The molecule has 1 fully saturated rings. The van der Waals surface area contributed by atoms with Crippen LogP contribution in [0, 0.1) is 18.3 Å². The van der Waals surface area contributed by atoms with Crippen LogP contribution in [0.4, 0.5) is 4.79 Å². The molecule has 0 unspecified atom stereocenters. The molecule has 0 aliphatic carbocycles. The Morgan fingerprint density at radius 1 is 1.05 bits per heavy atom. The highest BCUT2D eigenvalue weighted by Crippen LogP contribution is 2.30. The number of aryl methyl sites for hydroxylation is 1. The van der Waals surface area contributed by atoms with Crippen LogP contribution in [0.25, 0.3) is 10.6 Å². The molecular formula is C40H51N7O6S2.